The molecule has 2 nitrogen and oxygen atoms in total. The highest BCUT2D eigenvalue weighted by Crippen LogP contribution is 2.42. The molecule has 2 atom stereocenters. The number of hydrogen-bond donors (Lipinski definition) is 1. The smallest absolute Gasteiger partial charge is 0.401 e. The zero-order valence-corrected chi connectivity index (χ0v) is 11.3. The predicted octanol–water partition coefficient (Wildman–Crippen LogP) is 4.87. The standard InChI is InChI=1S/C11H13Br.CHClO2/c1-8-2-7-11(8)9-3-5-10(12)6-4-9;2-1(3)4/h3-6,8,11H,2,7H2,1H3;(H,3,4). The summed E-state index contributed by atoms with van der Waals surface area (Å²) in [6.07, 6.45) is 2.78. The van der Waals surface area contributed by atoms with E-state index in [0.717, 1.165) is 11.8 Å². The van der Waals surface area contributed by atoms with Crippen LogP contribution in [0.4, 0.5) is 4.79 Å². The second-order valence-electron chi connectivity index (χ2n) is 3.97. The number of rotatable bonds is 1. The summed E-state index contributed by atoms with van der Waals surface area (Å²) in [6.45, 7) is 2.34. The van der Waals surface area contributed by atoms with Gasteiger partial charge in [-0.25, -0.2) is 4.79 Å². The summed E-state index contributed by atoms with van der Waals surface area (Å²) in [6, 6.07) is 8.76. The average molecular weight is 306 g/mol. The summed E-state index contributed by atoms with van der Waals surface area (Å²) in [5, 5.41) is 7.18. The molecule has 0 heterocycles. The summed E-state index contributed by atoms with van der Waals surface area (Å²) in [4.78, 5) is 8.77. The second-order valence-corrected chi connectivity index (χ2v) is 5.20. The van der Waals surface area contributed by atoms with Crippen molar-refractivity contribution < 1.29 is 9.90 Å². The van der Waals surface area contributed by atoms with E-state index in [9.17, 15) is 0 Å². The molecule has 1 aliphatic rings. The van der Waals surface area contributed by atoms with E-state index in [1.807, 2.05) is 0 Å². The first-order valence-electron chi connectivity index (χ1n) is 5.14. The molecule has 0 radical (unpaired) electrons. The highest BCUT2D eigenvalue weighted by Gasteiger charge is 2.27. The van der Waals surface area contributed by atoms with Gasteiger partial charge >= 0.3 is 5.43 Å². The molecular formula is C12H14BrClO2. The van der Waals surface area contributed by atoms with Gasteiger partial charge in [-0.1, -0.05) is 35.0 Å². The fourth-order valence-electron chi connectivity index (χ4n) is 1.87. The van der Waals surface area contributed by atoms with Crippen molar-refractivity contribution in [1.82, 2.24) is 0 Å². The number of carboxylic acid groups (broad SMARTS) is 1. The first-order valence-corrected chi connectivity index (χ1v) is 6.31. The summed E-state index contributed by atoms with van der Waals surface area (Å²) < 4.78 is 1.18. The van der Waals surface area contributed by atoms with Crippen molar-refractivity contribution in [2.75, 3.05) is 0 Å². The molecule has 0 aromatic heterocycles. The minimum atomic E-state index is -1.36. The van der Waals surface area contributed by atoms with Gasteiger partial charge in [0, 0.05) is 16.1 Å². The Labute approximate surface area is 109 Å². The molecule has 0 bridgehead atoms. The van der Waals surface area contributed by atoms with E-state index in [4.69, 9.17) is 9.90 Å². The van der Waals surface area contributed by atoms with Crippen LogP contribution in [-0.2, 0) is 0 Å². The third kappa shape index (κ3) is 4.14. The maximum absolute atomic E-state index is 8.77. The van der Waals surface area contributed by atoms with Gasteiger partial charge in [-0.2, -0.15) is 0 Å². The Morgan fingerprint density at radius 2 is 1.88 bits per heavy atom. The first kappa shape index (κ1) is 13.5. The monoisotopic (exact) mass is 304 g/mol. The van der Waals surface area contributed by atoms with Gasteiger partial charge in [0.25, 0.3) is 0 Å². The Hall–Kier alpha value is -0.540. The van der Waals surface area contributed by atoms with Crippen LogP contribution in [0.25, 0.3) is 0 Å². The van der Waals surface area contributed by atoms with Crippen LogP contribution >= 0.6 is 27.5 Å². The minimum Gasteiger partial charge on any atom is -0.469 e. The fraction of sp³-hybridized carbons (Fsp3) is 0.417. The Balaban J connectivity index is 0.000000280. The van der Waals surface area contributed by atoms with Crippen LogP contribution in [0.2, 0.25) is 0 Å². The molecule has 1 fully saturated rings. The van der Waals surface area contributed by atoms with Crippen LogP contribution in [0.1, 0.15) is 31.2 Å². The molecule has 2 unspecified atom stereocenters. The lowest BCUT2D eigenvalue weighted by Crippen LogP contribution is -2.20. The van der Waals surface area contributed by atoms with E-state index < -0.39 is 5.43 Å². The summed E-state index contributed by atoms with van der Waals surface area (Å²) >= 11 is 7.64. The van der Waals surface area contributed by atoms with Crippen molar-refractivity contribution in [1.29, 1.82) is 0 Å². The quantitative estimate of drug-likeness (QED) is 0.752. The van der Waals surface area contributed by atoms with Crippen LogP contribution in [-0.4, -0.2) is 10.5 Å². The molecule has 1 aromatic carbocycles. The van der Waals surface area contributed by atoms with Crippen molar-refractivity contribution in [2.24, 2.45) is 5.92 Å². The normalized spacial score (nSPS) is 22.7. The highest BCUT2D eigenvalue weighted by molar-refractivity contribution is 9.10. The second kappa shape index (κ2) is 6.26. The molecular weight excluding hydrogens is 291 g/mol. The van der Waals surface area contributed by atoms with Crippen molar-refractivity contribution in [3.63, 3.8) is 0 Å². The summed E-state index contributed by atoms with van der Waals surface area (Å²) in [5.41, 5.74) is 0.150. The van der Waals surface area contributed by atoms with Crippen molar-refractivity contribution in [3.05, 3.63) is 34.3 Å². The number of halogens is 2. The average Bonchev–Trinajstić information content (AvgIpc) is 2.18. The van der Waals surface area contributed by atoms with Gasteiger partial charge in [0.1, 0.15) is 0 Å². The van der Waals surface area contributed by atoms with E-state index in [2.05, 4.69) is 58.7 Å². The zero-order chi connectivity index (χ0) is 12.1. The SMILES string of the molecule is CC1CCC1c1ccc(Br)cc1.O=C(O)Cl. The van der Waals surface area contributed by atoms with Gasteiger partial charge < -0.3 is 5.11 Å². The molecule has 0 aliphatic heterocycles. The molecule has 4 heteroatoms. The minimum absolute atomic E-state index is 0.832. The van der Waals surface area contributed by atoms with Crippen molar-refractivity contribution in [3.8, 4) is 0 Å². The van der Waals surface area contributed by atoms with E-state index in [1.165, 1.54) is 22.9 Å². The molecule has 1 N–H and O–H groups in total. The number of hydrogen-bond acceptors (Lipinski definition) is 1. The summed E-state index contributed by atoms with van der Waals surface area (Å²) in [5.74, 6) is 1.73. The van der Waals surface area contributed by atoms with Crippen LogP contribution in [0.5, 0.6) is 0 Å². The van der Waals surface area contributed by atoms with Crippen LogP contribution in [0, 0.1) is 5.92 Å². The zero-order valence-electron chi connectivity index (χ0n) is 8.99. The van der Waals surface area contributed by atoms with Crippen LogP contribution in [0.15, 0.2) is 28.7 Å². The van der Waals surface area contributed by atoms with Gasteiger partial charge in [-0.05, 0) is 42.4 Å². The lowest BCUT2D eigenvalue weighted by atomic mass is 9.71. The molecule has 0 spiro atoms. The Kier molecular flexibility index (Phi) is 5.29. The number of benzene rings is 1. The van der Waals surface area contributed by atoms with E-state index >= 15 is 0 Å². The Morgan fingerprint density at radius 3 is 2.19 bits per heavy atom. The fourth-order valence-corrected chi connectivity index (χ4v) is 2.14. The molecule has 0 amide bonds. The summed E-state index contributed by atoms with van der Waals surface area (Å²) in [7, 11) is 0. The predicted molar refractivity (Wildman–Crippen MR) is 69.2 cm³/mol. The molecule has 1 aliphatic carbocycles. The van der Waals surface area contributed by atoms with Crippen molar-refractivity contribution in [2.45, 2.75) is 25.7 Å². The third-order valence-corrected chi connectivity index (χ3v) is 3.45. The molecule has 0 saturated heterocycles. The maximum atomic E-state index is 8.77. The topological polar surface area (TPSA) is 37.3 Å². The Bertz CT molecular complexity index is 347. The molecule has 1 aromatic rings. The first-order chi connectivity index (χ1) is 7.50. The largest absolute Gasteiger partial charge is 0.469 e. The maximum Gasteiger partial charge on any atom is 0.401 e. The molecule has 16 heavy (non-hydrogen) atoms. The lowest BCUT2D eigenvalue weighted by molar-refractivity contribution is 0.220. The molecule has 2 rings (SSSR count). The molecule has 88 valence electrons. The van der Waals surface area contributed by atoms with Gasteiger partial charge in [0.05, 0.1) is 0 Å². The highest BCUT2D eigenvalue weighted by atomic mass is 79.9. The molecule has 1 saturated carbocycles. The van der Waals surface area contributed by atoms with Gasteiger partial charge in [0.15, 0.2) is 0 Å². The number of carbonyl (C=O) groups is 1. The van der Waals surface area contributed by atoms with Gasteiger partial charge in [-0.15, -0.1) is 0 Å². The van der Waals surface area contributed by atoms with E-state index in [-0.39, 0.29) is 0 Å². The van der Waals surface area contributed by atoms with Crippen LogP contribution < -0.4 is 0 Å². The van der Waals surface area contributed by atoms with E-state index in [0.29, 0.717) is 0 Å². The van der Waals surface area contributed by atoms with Crippen molar-refractivity contribution >= 4 is 33.0 Å². The van der Waals surface area contributed by atoms with Gasteiger partial charge in [-0.3, -0.25) is 0 Å². The lowest BCUT2D eigenvalue weighted by Gasteiger charge is -2.34. The van der Waals surface area contributed by atoms with Gasteiger partial charge in [0.2, 0.25) is 0 Å². The van der Waals surface area contributed by atoms with E-state index in [1.54, 1.807) is 0 Å². The third-order valence-electron chi connectivity index (χ3n) is 2.92. The Morgan fingerprint density at radius 1 is 1.38 bits per heavy atom. The van der Waals surface area contributed by atoms with Crippen LogP contribution in [0.3, 0.4) is 0 Å².